The van der Waals surface area contributed by atoms with E-state index in [-0.39, 0.29) is 74.3 Å². The normalized spacial score (nSPS) is 13.6. The molecule has 17 rings (SSSR count). The van der Waals surface area contributed by atoms with Crippen molar-refractivity contribution in [1.29, 1.82) is 0 Å². The molecule has 5 aromatic heterocycles. The number of rotatable bonds is 30. The van der Waals surface area contributed by atoms with E-state index in [4.69, 9.17) is 69.3 Å². The van der Waals surface area contributed by atoms with Crippen LogP contribution in [0.25, 0.3) is 56.3 Å². The van der Waals surface area contributed by atoms with Crippen LogP contribution in [-0.2, 0) is 102 Å². The minimum atomic E-state index is -0.961. The molecule has 37 heteroatoms. The molecule has 1 saturated heterocycles. The van der Waals surface area contributed by atoms with E-state index in [1.165, 1.54) is 75.8 Å². The average Bonchev–Trinajstić information content (AvgIpc) is 1.62. The van der Waals surface area contributed by atoms with Gasteiger partial charge in [-0.1, -0.05) is 202 Å². The zero-order valence-electron chi connectivity index (χ0n) is 81.9. The van der Waals surface area contributed by atoms with Crippen molar-refractivity contribution in [3.63, 3.8) is 0 Å². The Kier molecular flexibility index (Phi) is 38.5. The number of nitro groups is 1. The first-order chi connectivity index (χ1) is 70.3. The van der Waals surface area contributed by atoms with Gasteiger partial charge in [0.15, 0.2) is 93.8 Å². The third-order valence-electron chi connectivity index (χ3n) is 23.2. The van der Waals surface area contributed by atoms with Gasteiger partial charge in [0.25, 0.3) is 5.69 Å². The molecule has 1 N–H and O–H groups in total. The number of nitro benzene ring substituents is 1. The monoisotopic (exact) mass is 2110 g/mol. The van der Waals surface area contributed by atoms with E-state index in [1.54, 1.807) is 52.5 Å². The number of oxazole rings is 5. The number of carbonyl (C=O) groups is 6. The number of phenols is 1. The average molecular weight is 2110 g/mol. The lowest BCUT2D eigenvalue weighted by molar-refractivity contribution is -0.384. The Bertz CT molecular complexity index is 6540. The quantitative estimate of drug-likeness (QED) is 0.0109. The Morgan fingerprint density at radius 2 is 0.719 bits per heavy atom. The van der Waals surface area contributed by atoms with E-state index in [0.29, 0.717) is 89.9 Å². The van der Waals surface area contributed by atoms with E-state index >= 15 is 0 Å². The van der Waals surface area contributed by atoms with E-state index in [2.05, 4.69) is 56.8 Å². The third kappa shape index (κ3) is 31.5. The van der Waals surface area contributed by atoms with E-state index in [0.717, 1.165) is 89.5 Å². The van der Waals surface area contributed by atoms with Crippen molar-refractivity contribution in [2.45, 2.75) is 150 Å². The van der Waals surface area contributed by atoms with Crippen LogP contribution in [0.5, 0.6) is 17.2 Å². The van der Waals surface area contributed by atoms with Gasteiger partial charge in [-0.2, -0.15) is 0 Å². The Labute approximate surface area is 860 Å². The number of hydrogen-bond acceptors (Lipinski definition) is 29. The van der Waals surface area contributed by atoms with Crippen molar-refractivity contribution < 1.29 is 108 Å². The lowest BCUT2D eigenvalue weighted by Gasteiger charge is -2.32. The number of benzene rings is 10. The summed E-state index contributed by atoms with van der Waals surface area (Å²) in [6, 6.07) is 80.9. The molecule has 34 nitrogen and oxygen atoms in total. The smallest absolute Gasteiger partial charge is 0.508 e. The third-order valence-corrected chi connectivity index (χ3v) is 24.3. The summed E-state index contributed by atoms with van der Waals surface area (Å²) in [5.74, 6) is 3.06. The van der Waals surface area contributed by atoms with Gasteiger partial charge in [-0.25, -0.2) is 48.9 Å². The maximum Gasteiger partial charge on any atom is 0.514 e. The number of hydrogen-bond donors (Lipinski definition) is 1. The van der Waals surface area contributed by atoms with Gasteiger partial charge in [-0.15, -0.1) is 0 Å². The first-order valence-corrected chi connectivity index (χ1v) is 48.1. The van der Waals surface area contributed by atoms with Crippen LogP contribution in [0.4, 0.5) is 29.7 Å². The van der Waals surface area contributed by atoms with Crippen molar-refractivity contribution in [2.24, 2.45) is 5.92 Å². The second kappa shape index (κ2) is 52.3. The number of amides is 4. The van der Waals surface area contributed by atoms with Crippen molar-refractivity contribution in [2.75, 3.05) is 28.2 Å². The SMILES string of the molecule is CC(C)OC(=O)[C@H]1CCC[C@H](Oc2ccc(-c3ncoc3COC(=O)N(C)Cc3ccccc3)cc2)C1.CN(Cc1ccccc1)C(=O)OCc1ocnc1-c1ccc(B2OC(C)(C)C(C)(C)O2)cc1.CN(Cc1ccccc1)C(=O)OCc1ocnc1-c1ccc(Br)cc1.CN(Cc1ccccc1)C(=O)OCc1ocnc1-c1ccc(O)cc1.O=C(OCc1ocnc1-c1ccc(Br)cc1)Oc1ccc([N+](=O)[O-])cc1. The molecule has 4 amide bonds. The number of halogens is 2. The number of aromatic hydroxyl groups is 1. The summed E-state index contributed by atoms with van der Waals surface area (Å²) in [5.41, 5.74) is 11.4. The standard InChI is InChI=1S/C29H34N2O6.C25H29BN2O5.C19H17BrN2O3.C19H18N2O4.C17H11BrN2O6/c1-20(2)36-28(32)23-10-7-11-25(16-23)37-24-14-12-22(13-15-24)27-26(35-19-30-27)18-34-29(33)31(3)17-21-8-5-4-6-9-21;1-24(2)25(3,4)33-26(32-24)20-13-11-19(12-14-20)22-21(31-17-27-22)16-30-23(29)28(5)15-18-9-7-6-8-10-18;1-22(11-14-5-3-2-4-6-14)19(23)24-12-17-18(21-13-25-17)15-7-9-16(20)10-8-15;1-21(11-14-5-3-2-4-6-14)19(23)24-12-17-18(20-13-25-17)15-7-9-16(22)10-8-15;18-12-3-1-11(2-4-12)16-15(25-10-19-16)9-24-17(21)26-14-7-5-13(6-8-14)20(22)23/h4-6,8-9,12-15,19-20,23,25H,7,10-11,16-18H2,1-3H3;6-14,17H,15-16H2,1-5H3;2-10,13H,11-12H2,1H3;2-10,13,22H,11-12H2,1H3;1-8,10H,9H2/t23-,25-;;;;/m0..../s1. The van der Waals surface area contributed by atoms with Crippen LogP contribution < -0.4 is 14.9 Å². The molecule has 1 aliphatic carbocycles. The number of nitrogens with zero attached hydrogens (tertiary/aromatic N) is 10. The molecule has 1 aliphatic heterocycles. The summed E-state index contributed by atoms with van der Waals surface area (Å²) < 4.78 is 84.2. The Hall–Kier alpha value is -16.0. The summed E-state index contributed by atoms with van der Waals surface area (Å²) in [5, 5.41) is 20.0. The summed E-state index contributed by atoms with van der Waals surface area (Å²) in [4.78, 5) is 110. The second-order valence-corrected chi connectivity index (χ2v) is 36.8. The molecule has 1 saturated carbocycles. The fraction of sp³-hybridized carbons (Fsp3) is 0.257. The molecule has 0 unspecified atom stereocenters. The molecule has 15 aromatic rings. The first kappa shape index (κ1) is 107. The largest absolute Gasteiger partial charge is 0.514 e. The van der Waals surface area contributed by atoms with Crippen molar-refractivity contribution >= 4 is 86.6 Å². The number of esters is 1. The number of non-ortho nitro benzene ring substituents is 1. The maximum absolute atomic E-state index is 12.4. The highest BCUT2D eigenvalue weighted by atomic mass is 79.9. The van der Waals surface area contributed by atoms with Gasteiger partial charge in [0.2, 0.25) is 0 Å². The van der Waals surface area contributed by atoms with E-state index < -0.39 is 53.8 Å². The van der Waals surface area contributed by atoms with Crippen molar-refractivity contribution in [1.82, 2.24) is 44.5 Å². The molecular weight excluding hydrogens is 2000 g/mol. The Morgan fingerprint density at radius 1 is 0.418 bits per heavy atom. The van der Waals surface area contributed by atoms with Gasteiger partial charge in [-0.05, 0) is 180 Å². The number of ether oxygens (including phenoxy) is 8. The topological polar surface area (TPSA) is 401 Å². The summed E-state index contributed by atoms with van der Waals surface area (Å²) in [7, 11) is 6.34. The molecule has 10 aromatic carbocycles. The summed E-state index contributed by atoms with van der Waals surface area (Å²) >= 11 is 6.76. The number of phenolic OH excluding ortho intramolecular Hbond substituents is 1. The van der Waals surface area contributed by atoms with Crippen LogP contribution in [0.3, 0.4) is 0 Å². The first-order valence-electron chi connectivity index (χ1n) is 46.5. The van der Waals surface area contributed by atoms with Crippen LogP contribution in [0.15, 0.2) is 330 Å². The Balaban J connectivity index is 0.000000154. The molecule has 2 aliphatic rings. The van der Waals surface area contributed by atoms with Crippen LogP contribution in [-0.4, -0.2) is 150 Å². The molecule has 0 spiro atoms. The van der Waals surface area contributed by atoms with Crippen LogP contribution in [0, 0.1) is 16.0 Å². The van der Waals surface area contributed by atoms with Gasteiger partial charge >= 0.3 is 43.6 Å². The van der Waals surface area contributed by atoms with Gasteiger partial charge < -0.3 is 94.0 Å². The van der Waals surface area contributed by atoms with Crippen molar-refractivity contribution in [3.8, 4) is 73.5 Å². The van der Waals surface area contributed by atoms with Gasteiger partial charge in [-0.3, -0.25) is 14.9 Å². The lowest BCUT2D eigenvalue weighted by Crippen LogP contribution is -2.41. The van der Waals surface area contributed by atoms with Crippen molar-refractivity contribution in [3.05, 3.63) is 369 Å². The van der Waals surface area contributed by atoms with E-state index in [9.17, 15) is 44.0 Å². The molecular formula is C109H109BBr2N10O24. The fourth-order valence-corrected chi connectivity index (χ4v) is 15.4. The fourth-order valence-electron chi connectivity index (χ4n) is 14.9. The van der Waals surface area contributed by atoms with Gasteiger partial charge in [0.05, 0.1) is 34.3 Å². The molecule has 6 heterocycles. The molecule has 146 heavy (non-hydrogen) atoms. The lowest BCUT2D eigenvalue weighted by atomic mass is 9.79. The number of carbonyl (C=O) groups excluding carboxylic acids is 6. The van der Waals surface area contributed by atoms with Crippen LogP contribution >= 0.6 is 31.9 Å². The number of aromatic nitrogens is 5. The Morgan fingerprint density at radius 3 is 1.04 bits per heavy atom. The molecule has 756 valence electrons. The van der Waals surface area contributed by atoms with Gasteiger partial charge in [0.1, 0.15) is 45.7 Å². The minimum Gasteiger partial charge on any atom is -0.508 e. The maximum atomic E-state index is 12.4. The summed E-state index contributed by atoms with van der Waals surface area (Å²) in [6.07, 6.45) is 7.12. The molecule has 0 bridgehead atoms. The zero-order chi connectivity index (χ0) is 104. The predicted molar refractivity (Wildman–Crippen MR) is 546 cm³/mol. The van der Waals surface area contributed by atoms with Crippen LogP contribution in [0.2, 0.25) is 0 Å². The van der Waals surface area contributed by atoms with Gasteiger partial charge in [0, 0.05) is 103 Å². The highest BCUT2D eigenvalue weighted by Gasteiger charge is 2.52. The molecule has 2 atom stereocenters. The van der Waals surface area contributed by atoms with Crippen LogP contribution in [0.1, 0.15) is 118 Å². The second-order valence-electron chi connectivity index (χ2n) is 35.0. The van der Waals surface area contributed by atoms with E-state index in [1.807, 2.05) is 260 Å². The molecule has 2 fully saturated rings. The zero-order valence-corrected chi connectivity index (χ0v) is 85.0. The minimum absolute atomic E-state index is 0.00766. The predicted octanol–water partition coefficient (Wildman–Crippen LogP) is 23.8. The summed E-state index contributed by atoms with van der Waals surface area (Å²) in [6.45, 7) is 13.5. The highest BCUT2D eigenvalue weighted by molar-refractivity contribution is 9.10. The highest BCUT2D eigenvalue weighted by Crippen LogP contribution is 2.39. The molecule has 0 radical (unpaired) electrons.